The zero-order valence-electron chi connectivity index (χ0n) is 12.2. The quantitative estimate of drug-likeness (QED) is 0.614. The molecular formula is C17H14N2OS2. The van der Waals surface area contributed by atoms with Gasteiger partial charge in [-0.15, -0.1) is 0 Å². The van der Waals surface area contributed by atoms with Gasteiger partial charge >= 0.3 is 0 Å². The van der Waals surface area contributed by atoms with Crippen LogP contribution < -0.4 is 4.90 Å². The van der Waals surface area contributed by atoms with Crippen LogP contribution in [0.5, 0.6) is 0 Å². The van der Waals surface area contributed by atoms with Gasteiger partial charge in [0.15, 0.2) is 4.32 Å². The van der Waals surface area contributed by atoms with Crippen LogP contribution in [-0.2, 0) is 4.79 Å². The zero-order chi connectivity index (χ0) is 15.7. The Balaban J connectivity index is 1.97. The third-order valence-electron chi connectivity index (χ3n) is 3.39. The van der Waals surface area contributed by atoms with Gasteiger partial charge in [0.1, 0.15) is 0 Å². The van der Waals surface area contributed by atoms with Gasteiger partial charge in [0, 0.05) is 12.4 Å². The largest absolute Gasteiger partial charge is 0.270 e. The molecule has 0 spiro atoms. The van der Waals surface area contributed by atoms with Crippen LogP contribution >= 0.6 is 24.0 Å². The number of nitrogens with zero attached hydrogens (tertiary/aromatic N) is 2. The SMILES string of the molecule is Cc1ccc(N2C(=O)/C(=C/c3ccncc3)SC2=S)c(C)c1. The number of benzene rings is 1. The molecule has 1 aromatic carbocycles. The second-order valence-corrected chi connectivity index (χ2v) is 6.76. The van der Waals surface area contributed by atoms with E-state index < -0.39 is 0 Å². The molecule has 1 fully saturated rings. The summed E-state index contributed by atoms with van der Waals surface area (Å²) in [6.07, 6.45) is 5.26. The Morgan fingerprint density at radius 3 is 2.59 bits per heavy atom. The molecule has 0 N–H and O–H groups in total. The average Bonchev–Trinajstić information content (AvgIpc) is 2.75. The van der Waals surface area contributed by atoms with E-state index in [9.17, 15) is 4.79 Å². The molecule has 110 valence electrons. The zero-order valence-corrected chi connectivity index (χ0v) is 13.9. The number of rotatable bonds is 2. The van der Waals surface area contributed by atoms with Crippen LogP contribution in [0.15, 0.2) is 47.6 Å². The van der Waals surface area contributed by atoms with Crippen molar-refractivity contribution >= 4 is 46.0 Å². The summed E-state index contributed by atoms with van der Waals surface area (Å²) in [6.45, 7) is 4.03. The number of carbonyl (C=O) groups excluding carboxylic acids is 1. The molecule has 0 aliphatic carbocycles. The molecular weight excluding hydrogens is 312 g/mol. The van der Waals surface area contributed by atoms with Crippen molar-refractivity contribution in [3.05, 3.63) is 64.3 Å². The Hall–Kier alpha value is -1.98. The fourth-order valence-electron chi connectivity index (χ4n) is 2.34. The fourth-order valence-corrected chi connectivity index (χ4v) is 3.63. The lowest BCUT2D eigenvalue weighted by molar-refractivity contribution is -0.113. The summed E-state index contributed by atoms with van der Waals surface area (Å²) in [5.74, 6) is -0.0706. The van der Waals surface area contributed by atoms with E-state index in [1.54, 1.807) is 17.3 Å². The summed E-state index contributed by atoms with van der Waals surface area (Å²) in [6, 6.07) is 9.73. The van der Waals surface area contributed by atoms with Crippen molar-refractivity contribution in [1.82, 2.24) is 4.98 Å². The molecule has 1 saturated heterocycles. The highest BCUT2D eigenvalue weighted by Gasteiger charge is 2.33. The Bertz CT molecular complexity index is 785. The molecule has 2 heterocycles. The van der Waals surface area contributed by atoms with Crippen LogP contribution in [0.3, 0.4) is 0 Å². The standard InChI is InChI=1S/C17H14N2OS2/c1-11-3-4-14(12(2)9-11)19-16(20)15(22-17(19)21)10-13-5-7-18-8-6-13/h3-10H,1-2H3/b15-10-. The summed E-state index contributed by atoms with van der Waals surface area (Å²) in [5, 5.41) is 0. The molecule has 2 aromatic rings. The van der Waals surface area contributed by atoms with Gasteiger partial charge < -0.3 is 0 Å². The van der Waals surface area contributed by atoms with Crippen molar-refractivity contribution in [1.29, 1.82) is 0 Å². The Morgan fingerprint density at radius 1 is 1.18 bits per heavy atom. The fraction of sp³-hybridized carbons (Fsp3) is 0.118. The molecule has 5 heteroatoms. The normalized spacial score (nSPS) is 16.6. The number of thioether (sulfide) groups is 1. The minimum absolute atomic E-state index is 0.0706. The first-order valence-corrected chi connectivity index (χ1v) is 8.04. The minimum Gasteiger partial charge on any atom is -0.268 e. The number of thiocarbonyl (C=S) groups is 1. The summed E-state index contributed by atoms with van der Waals surface area (Å²) >= 11 is 6.73. The third-order valence-corrected chi connectivity index (χ3v) is 4.69. The highest BCUT2D eigenvalue weighted by Crippen LogP contribution is 2.37. The first-order chi connectivity index (χ1) is 10.6. The minimum atomic E-state index is -0.0706. The van der Waals surface area contributed by atoms with Crippen LogP contribution in [0, 0.1) is 13.8 Å². The lowest BCUT2D eigenvalue weighted by Crippen LogP contribution is -2.28. The van der Waals surface area contributed by atoms with Crippen LogP contribution in [0.4, 0.5) is 5.69 Å². The van der Waals surface area contributed by atoms with Crippen LogP contribution in [0.25, 0.3) is 6.08 Å². The van der Waals surface area contributed by atoms with Crippen molar-refractivity contribution in [2.75, 3.05) is 4.90 Å². The van der Waals surface area contributed by atoms with Gasteiger partial charge in [0.05, 0.1) is 10.6 Å². The second kappa shape index (κ2) is 6.02. The number of hydrogen-bond acceptors (Lipinski definition) is 4. The summed E-state index contributed by atoms with van der Waals surface area (Å²) in [5.41, 5.74) is 4.00. The first-order valence-electron chi connectivity index (χ1n) is 6.81. The van der Waals surface area contributed by atoms with Gasteiger partial charge in [-0.25, -0.2) is 0 Å². The molecule has 0 bridgehead atoms. The lowest BCUT2D eigenvalue weighted by Gasteiger charge is -2.17. The lowest BCUT2D eigenvalue weighted by atomic mass is 10.1. The van der Waals surface area contributed by atoms with Crippen LogP contribution in [-0.4, -0.2) is 15.2 Å². The number of aromatic nitrogens is 1. The molecule has 22 heavy (non-hydrogen) atoms. The summed E-state index contributed by atoms with van der Waals surface area (Å²) < 4.78 is 0.567. The maximum atomic E-state index is 12.7. The average molecular weight is 326 g/mol. The van der Waals surface area contributed by atoms with Crippen molar-refractivity contribution in [3.8, 4) is 0 Å². The molecule has 1 aromatic heterocycles. The number of anilines is 1. The number of amides is 1. The predicted octanol–water partition coefficient (Wildman–Crippen LogP) is 4.10. The van der Waals surface area contributed by atoms with Crippen molar-refractivity contribution in [2.45, 2.75) is 13.8 Å². The highest BCUT2D eigenvalue weighted by atomic mass is 32.2. The molecule has 0 radical (unpaired) electrons. The Labute approximate surface area is 139 Å². The van der Waals surface area contributed by atoms with Crippen LogP contribution in [0.1, 0.15) is 16.7 Å². The van der Waals surface area contributed by atoms with E-state index in [1.165, 1.54) is 17.3 Å². The van der Waals surface area contributed by atoms with E-state index >= 15 is 0 Å². The summed E-state index contributed by atoms with van der Waals surface area (Å²) in [7, 11) is 0. The maximum Gasteiger partial charge on any atom is 0.270 e. The van der Waals surface area contributed by atoms with Gasteiger partial charge in [0.25, 0.3) is 5.91 Å². The second-order valence-electron chi connectivity index (χ2n) is 5.09. The predicted molar refractivity (Wildman–Crippen MR) is 95.8 cm³/mol. The van der Waals surface area contributed by atoms with E-state index in [2.05, 4.69) is 11.1 Å². The molecule has 0 unspecified atom stereocenters. The van der Waals surface area contributed by atoms with Crippen molar-refractivity contribution < 1.29 is 4.79 Å². The van der Waals surface area contributed by atoms with Crippen molar-refractivity contribution in [2.24, 2.45) is 0 Å². The van der Waals surface area contributed by atoms with Gasteiger partial charge in [0.2, 0.25) is 0 Å². The smallest absolute Gasteiger partial charge is 0.268 e. The van der Waals surface area contributed by atoms with Gasteiger partial charge in [-0.1, -0.05) is 41.7 Å². The summed E-state index contributed by atoms with van der Waals surface area (Å²) in [4.78, 5) is 18.9. The van der Waals surface area contributed by atoms with E-state index in [0.29, 0.717) is 9.23 Å². The van der Waals surface area contributed by atoms with E-state index in [4.69, 9.17) is 12.2 Å². The number of hydrogen-bond donors (Lipinski definition) is 0. The van der Waals surface area contributed by atoms with E-state index in [0.717, 1.165) is 16.8 Å². The van der Waals surface area contributed by atoms with E-state index in [-0.39, 0.29) is 5.91 Å². The molecule has 0 atom stereocenters. The molecule has 3 rings (SSSR count). The molecule has 3 nitrogen and oxygen atoms in total. The van der Waals surface area contributed by atoms with Crippen LogP contribution in [0.2, 0.25) is 0 Å². The first kappa shape index (κ1) is 14.9. The van der Waals surface area contributed by atoms with Crippen molar-refractivity contribution in [3.63, 3.8) is 0 Å². The Morgan fingerprint density at radius 2 is 1.91 bits per heavy atom. The van der Waals surface area contributed by atoms with Gasteiger partial charge in [-0.3, -0.25) is 14.7 Å². The third kappa shape index (κ3) is 2.82. The molecule has 0 saturated carbocycles. The number of carbonyl (C=O) groups is 1. The van der Waals surface area contributed by atoms with E-state index in [1.807, 2.05) is 44.2 Å². The molecule has 1 amide bonds. The van der Waals surface area contributed by atoms with Gasteiger partial charge in [-0.2, -0.15) is 0 Å². The number of pyridine rings is 1. The van der Waals surface area contributed by atoms with Gasteiger partial charge in [-0.05, 0) is 49.2 Å². The Kier molecular flexibility index (Phi) is 4.09. The maximum absolute atomic E-state index is 12.7. The molecule has 1 aliphatic rings. The highest BCUT2D eigenvalue weighted by molar-refractivity contribution is 8.27. The molecule has 1 aliphatic heterocycles. The topological polar surface area (TPSA) is 33.2 Å². The number of aryl methyl sites for hydroxylation is 2. The monoisotopic (exact) mass is 326 g/mol.